The van der Waals surface area contributed by atoms with E-state index in [0.717, 1.165) is 12.8 Å². The van der Waals surface area contributed by atoms with Crippen molar-refractivity contribution in [3.8, 4) is 0 Å². The number of carbonyl (C=O) groups is 2. The highest BCUT2D eigenvalue weighted by Crippen LogP contribution is 2.70. The third kappa shape index (κ3) is 2.45. The van der Waals surface area contributed by atoms with Crippen molar-refractivity contribution in [2.45, 2.75) is 58.0 Å². The minimum atomic E-state index is -1.04. The molecule has 0 radical (unpaired) electrons. The van der Waals surface area contributed by atoms with E-state index < -0.39 is 16.5 Å². The summed E-state index contributed by atoms with van der Waals surface area (Å²) >= 11 is 0. The Morgan fingerprint density at radius 2 is 2.05 bits per heavy atom. The van der Waals surface area contributed by atoms with Crippen LogP contribution in [0.1, 0.15) is 47.0 Å². The Morgan fingerprint density at radius 1 is 1.41 bits per heavy atom. The molecule has 0 spiro atoms. The molecule has 2 aliphatic rings. The van der Waals surface area contributed by atoms with E-state index in [9.17, 15) is 14.7 Å². The van der Waals surface area contributed by atoms with Gasteiger partial charge in [0, 0.05) is 17.9 Å². The van der Waals surface area contributed by atoms with Gasteiger partial charge in [-0.05, 0) is 51.9 Å². The van der Waals surface area contributed by atoms with Gasteiger partial charge in [0.25, 0.3) is 0 Å². The van der Waals surface area contributed by atoms with Crippen LogP contribution in [0.4, 0.5) is 0 Å². The normalized spacial score (nSPS) is 36.4. The molecule has 2 amide bonds. The quantitative estimate of drug-likeness (QED) is 0.671. The van der Waals surface area contributed by atoms with Gasteiger partial charge < -0.3 is 15.7 Å². The average Bonchev–Trinajstić information content (AvgIpc) is 3.02. The summed E-state index contributed by atoms with van der Waals surface area (Å²) in [5.74, 6) is -0.156. The van der Waals surface area contributed by atoms with Crippen molar-refractivity contribution >= 4 is 11.8 Å². The highest BCUT2D eigenvalue weighted by molar-refractivity contribution is 5.94. The van der Waals surface area contributed by atoms with Crippen molar-refractivity contribution < 1.29 is 14.7 Å². The van der Waals surface area contributed by atoms with Gasteiger partial charge in [-0.25, -0.2) is 0 Å². The number of carbonyl (C=O) groups excluding carboxylic acids is 2. The van der Waals surface area contributed by atoms with Crippen LogP contribution in [0.3, 0.4) is 0 Å². The molecule has 2 aliphatic carbocycles. The second kappa shape index (κ2) is 5.37. The maximum atomic E-state index is 13.1. The summed E-state index contributed by atoms with van der Waals surface area (Å²) in [6.45, 7) is 10.9. The number of fused-ring (bicyclic) bond motifs is 1. The second-order valence-corrected chi connectivity index (χ2v) is 7.87. The number of hydrogen-bond donors (Lipinski definition) is 3. The predicted octanol–water partition coefficient (Wildman–Crippen LogP) is 1.37. The lowest BCUT2D eigenvalue weighted by atomic mass is 9.72. The summed E-state index contributed by atoms with van der Waals surface area (Å²) in [5.41, 5.74) is -1.97. The second-order valence-electron chi connectivity index (χ2n) is 7.87. The lowest BCUT2D eigenvalue weighted by molar-refractivity contribution is -0.140. The van der Waals surface area contributed by atoms with Gasteiger partial charge in [-0.3, -0.25) is 9.59 Å². The molecule has 22 heavy (non-hydrogen) atoms. The van der Waals surface area contributed by atoms with Crippen molar-refractivity contribution in [1.82, 2.24) is 10.6 Å². The van der Waals surface area contributed by atoms with Crippen LogP contribution >= 0.6 is 0 Å². The maximum Gasteiger partial charge on any atom is 0.247 e. The maximum absolute atomic E-state index is 13.1. The van der Waals surface area contributed by atoms with Crippen LogP contribution in [0.25, 0.3) is 0 Å². The topological polar surface area (TPSA) is 78.4 Å². The number of rotatable bonds is 5. The first-order valence-electron chi connectivity index (χ1n) is 7.96. The zero-order valence-electron chi connectivity index (χ0n) is 14.0. The minimum Gasteiger partial charge on any atom is -0.396 e. The van der Waals surface area contributed by atoms with Gasteiger partial charge in [-0.2, -0.15) is 0 Å². The number of allylic oxidation sites excluding steroid dienone is 1. The van der Waals surface area contributed by atoms with Crippen molar-refractivity contribution in [3.05, 3.63) is 12.7 Å². The summed E-state index contributed by atoms with van der Waals surface area (Å²) in [6, 6.07) is 0. The number of aliphatic hydroxyl groups excluding tert-OH is 1. The van der Waals surface area contributed by atoms with E-state index in [0.29, 0.717) is 12.3 Å². The largest absolute Gasteiger partial charge is 0.396 e. The lowest BCUT2D eigenvalue weighted by Crippen LogP contribution is -2.68. The van der Waals surface area contributed by atoms with E-state index in [1.165, 1.54) is 6.92 Å². The molecule has 2 saturated carbocycles. The molecule has 0 aromatic carbocycles. The Kier molecular flexibility index (Phi) is 4.15. The number of amides is 2. The summed E-state index contributed by atoms with van der Waals surface area (Å²) in [6.07, 6.45) is 4.07. The molecular weight excluding hydrogens is 280 g/mol. The highest BCUT2D eigenvalue weighted by Gasteiger charge is 2.77. The molecule has 2 rings (SSSR count). The van der Waals surface area contributed by atoms with Gasteiger partial charge in [0.05, 0.1) is 6.61 Å². The third-order valence-corrected chi connectivity index (χ3v) is 5.15. The smallest absolute Gasteiger partial charge is 0.247 e. The van der Waals surface area contributed by atoms with Crippen LogP contribution in [0.15, 0.2) is 12.7 Å². The monoisotopic (exact) mass is 308 g/mol. The molecule has 0 heterocycles. The van der Waals surface area contributed by atoms with Crippen molar-refractivity contribution in [2.75, 3.05) is 6.61 Å². The fourth-order valence-electron chi connectivity index (χ4n) is 4.30. The summed E-state index contributed by atoms with van der Waals surface area (Å²) in [4.78, 5) is 25.0. The van der Waals surface area contributed by atoms with Gasteiger partial charge in [0.15, 0.2) is 0 Å². The average molecular weight is 308 g/mol. The molecule has 4 atom stereocenters. The first-order valence-corrected chi connectivity index (χ1v) is 7.96. The minimum absolute atomic E-state index is 0.0258. The molecule has 124 valence electrons. The Bertz CT molecular complexity index is 493. The first kappa shape index (κ1) is 17.0. The molecule has 0 aliphatic heterocycles. The van der Waals surface area contributed by atoms with Crippen LogP contribution in [0, 0.1) is 17.3 Å². The molecular formula is C17H28N2O3. The van der Waals surface area contributed by atoms with E-state index in [2.05, 4.69) is 17.2 Å². The molecule has 5 heteroatoms. The van der Waals surface area contributed by atoms with E-state index in [-0.39, 0.29) is 24.3 Å². The number of nitrogens with one attached hydrogen (secondary N) is 2. The van der Waals surface area contributed by atoms with Crippen molar-refractivity contribution in [1.29, 1.82) is 0 Å². The van der Waals surface area contributed by atoms with Gasteiger partial charge in [0.1, 0.15) is 5.54 Å². The highest BCUT2D eigenvalue weighted by atomic mass is 16.3. The Hall–Kier alpha value is -1.36. The zero-order chi connectivity index (χ0) is 16.8. The Labute approximate surface area is 132 Å². The van der Waals surface area contributed by atoms with Crippen molar-refractivity contribution in [3.63, 3.8) is 0 Å². The van der Waals surface area contributed by atoms with Crippen LogP contribution in [0.2, 0.25) is 0 Å². The Balaban J connectivity index is 2.46. The summed E-state index contributed by atoms with van der Waals surface area (Å²) in [7, 11) is 0. The van der Waals surface area contributed by atoms with E-state index in [1.54, 1.807) is 6.08 Å². The summed E-state index contributed by atoms with van der Waals surface area (Å²) < 4.78 is 0. The summed E-state index contributed by atoms with van der Waals surface area (Å²) in [5, 5.41) is 15.9. The Morgan fingerprint density at radius 3 is 2.50 bits per heavy atom. The molecule has 2 fully saturated rings. The molecule has 2 unspecified atom stereocenters. The fourth-order valence-corrected chi connectivity index (χ4v) is 4.30. The zero-order valence-corrected chi connectivity index (χ0v) is 14.0. The van der Waals surface area contributed by atoms with Crippen LogP contribution in [0.5, 0.6) is 0 Å². The number of aliphatic hydroxyl groups is 1. The SMILES string of the molecule is C=CCC1C[C@@H]2C[C@]2(CO)C1(NC(C)=O)C(=O)NC(C)(C)C. The lowest BCUT2D eigenvalue weighted by Gasteiger charge is -2.43. The molecule has 5 nitrogen and oxygen atoms in total. The van der Waals surface area contributed by atoms with Crippen LogP contribution < -0.4 is 10.6 Å². The molecule has 0 aromatic rings. The number of hydrogen-bond acceptors (Lipinski definition) is 3. The fraction of sp³-hybridized carbons (Fsp3) is 0.765. The molecule has 0 bridgehead atoms. The molecule has 0 saturated heterocycles. The standard InChI is InChI=1S/C17H28N2O3/c1-6-7-12-8-13-9-16(13,10-20)17(12,18-11(2)21)14(22)19-15(3,4)5/h6,12-13,20H,1,7-10H2,2-5H3,(H,18,21)(H,19,22)/t12?,13-,16-,17?/m1/s1. The van der Waals surface area contributed by atoms with Crippen LogP contribution in [-0.2, 0) is 9.59 Å². The predicted molar refractivity (Wildman–Crippen MR) is 85.0 cm³/mol. The van der Waals surface area contributed by atoms with E-state index >= 15 is 0 Å². The van der Waals surface area contributed by atoms with Gasteiger partial charge in [0.2, 0.25) is 11.8 Å². The van der Waals surface area contributed by atoms with Gasteiger partial charge in [-0.15, -0.1) is 6.58 Å². The molecule has 0 aromatic heterocycles. The van der Waals surface area contributed by atoms with Crippen molar-refractivity contribution in [2.24, 2.45) is 17.3 Å². The van der Waals surface area contributed by atoms with E-state index in [4.69, 9.17) is 0 Å². The van der Waals surface area contributed by atoms with E-state index in [1.807, 2.05) is 20.8 Å². The van der Waals surface area contributed by atoms with Crippen LogP contribution in [-0.4, -0.2) is 34.6 Å². The van der Waals surface area contributed by atoms with Gasteiger partial charge in [-0.1, -0.05) is 6.08 Å². The first-order chi connectivity index (χ1) is 10.1. The third-order valence-electron chi connectivity index (χ3n) is 5.15. The van der Waals surface area contributed by atoms with Gasteiger partial charge >= 0.3 is 0 Å². The molecule has 3 N–H and O–H groups in total.